The SMILES string of the molecule is CCC[C@H](NC(=O)[C@@H](NC(=O)[C@@H](Cc1ccc(Cl)cc1)NC(C)=O)[C@@H](C)O)C(=O)N[C@H](C(=O)N[C@@H](CCCN=C(N)N)C(=O)N1CCC[C@H]1C(=O)NCC)[C@@H](C)CC. The summed E-state index contributed by atoms with van der Waals surface area (Å²) in [6.45, 7) is 10.6. The molecule has 8 atom stereocenters. The summed E-state index contributed by atoms with van der Waals surface area (Å²) in [7, 11) is 0. The number of likely N-dealkylation sites (tertiary alicyclic amines) is 1. The molecule has 0 spiro atoms. The lowest BCUT2D eigenvalue weighted by molar-refractivity contribution is -0.142. The second-order valence-corrected chi connectivity index (χ2v) is 15.1. The highest BCUT2D eigenvalue weighted by atomic mass is 35.5. The number of hydrogen-bond donors (Lipinski definition) is 9. The van der Waals surface area contributed by atoms with Crippen molar-refractivity contribution in [2.45, 2.75) is 135 Å². The maximum Gasteiger partial charge on any atom is 0.245 e. The van der Waals surface area contributed by atoms with Crippen molar-refractivity contribution in [2.24, 2.45) is 22.4 Å². The molecule has 1 aliphatic rings. The fourth-order valence-electron chi connectivity index (χ4n) is 6.56. The minimum Gasteiger partial charge on any atom is -0.391 e. The number of amides is 7. The smallest absolute Gasteiger partial charge is 0.245 e. The van der Waals surface area contributed by atoms with Crippen molar-refractivity contribution in [1.82, 2.24) is 36.8 Å². The van der Waals surface area contributed by atoms with Crippen molar-refractivity contribution >= 4 is 58.9 Å². The average Bonchev–Trinajstić information content (AvgIpc) is 3.67. The highest BCUT2D eigenvalue weighted by Gasteiger charge is 2.39. The predicted molar refractivity (Wildman–Crippen MR) is 220 cm³/mol. The Bertz CT molecular complexity index is 1590. The van der Waals surface area contributed by atoms with E-state index >= 15 is 0 Å². The normalized spacial score (nSPS) is 17.2. The number of aliphatic imine (C=N–C) groups is 1. The van der Waals surface area contributed by atoms with Crippen LogP contribution in [-0.4, -0.2) is 119 Å². The van der Waals surface area contributed by atoms with Crippen LogP contribution in [0.3, 0.4) is 0 Å². The molecule has 11 N–H and O–H groups in total. The Hall–Kier alpha value is -4.97. The standard InChI is InChI=1S/C39H63ClN10O8/c1-7-12-27(46-37(57)32(23(5)51)49-34(54)29(45-24(6)52)21-25-15-17-26(40)18-16-25)33(53)48-31(22(4)8-2)36(56)47-28(13-10-19-44-39(41)42)38(58)50-20-11-14-30(50)35(55)43-9-3/h15-18,22-23,27-32,51H,7-14,19-21H2,1-6H3,(H,43,55)(H,45,52)(H,46,57)(H,47,56)(H,48,53)(H,49,54)(H4,41,42,44)/t22-,23+,27-,28-,29+,30-,31-,32-/m0/s1. The molecule has 1 heterocycles. The number of carbonyl (C=O) groups excluding carboxylic acids is 7. The first-order valence-corrected chi connectivity index (χ1v) is 20.4. The number of likely N-dealkylation sites (N-methyl/N-ethyl adjacent to an activating group) is 1. The molecule has 0 unspecified atom stereocenters. The van der Waals surface area contributed by atoms with E-state index in [2.05, 4.69) is 36.9 Å². The fourth-order valence-corrected chi connectivity index (χ4v) is 6.69. The zero-order valence-corrected chi connectivity index (χ0v) is 35.2. The lowest BCUT2D eigenvalue weighted by Gasteiger charge is -2.31. The molecule has 1 aromatic rings. The summed E-state index contributed by atoms with van der Waals surface area (Å²) >= 11 is 5.98. The Kier molecular flexibility index (Phi) is 21.0. The van der Waals surface area contributed by atoms with Gasteiger partial charge in [-0.05, 0) is 69.6 Å². The van der Waals surface area contributed by atoms with Gasteiger partial charge in [-0.2, -0.15) is 0 Å². The van der Waals surface area contributed by atoms with Crippen LogP contribution in [0, 0.1) is 5.92 Å². The summed E-state index contributed by atoms with van der Waals surface area (Å²) in [5.74, 6) is -4.72. The van der Waals surface area contributed by atoms with Gasteiger partial charge in [0.15, 0.2) is 5.96 Å². The number of rotatable bonds is 23. The van der Waals surface area contributed by atoms with Crippen LogP contribution in [0.2, 0.25) is 5.02 Å². The molecule has 0 aliphatic carbocycles. The number of aliphatic hydroxyl groups is 1. The minimum absolute atomic E-state index is 0.0617. The summed E-state index contributed by atoms with van der Waals surface area (Å²) in [5.41, 5.74) is 11.6. The van der Waals surface area contributed by atoms with Gasteiger partial charge in [0.1, 0.15) is 36.3 Å². The molecule has 18 nitrogen and oxygen atoms in total. The number of aliphatic hydroxyl groups excluding tert-OH is 1. The molecule has 0 bridgehead atoms. The minimum atomic E-state index is -1.52. The second kappa shape index (κ2) is 24.7. The molecular formula is C39H63ClN10O8. The second-order valence-electron chi connectivity index (χ2n) is 14.6. The van der Waals surface area contributed by atoms with Crippen LogP contribution < -0.4 is 43.4 Å². The Morgan fingerprint density at radius 2 is 1.45 bits per heavy atom. The zero-order chi connectivity index (χ0) is 43.5. The van der Waals surface area contributed by atoms with E-state index < -0.39 is 83.7 Å². The van der Waals surface area contributed by atoms with E-state index in [9.17, 15) is 38.7 Å². The van der Waals surface area contributed by atoms with Crippen LogP contribution in [0.1, 0.15) is 92.1 Å². The highest BCUT2D eigenvalue weighted by molar-refractivity contribution is 6.30. The maximum absolute atomic E-state index is 14.0. The maximum atomic E-state index is 14.0. The number of nitrogens with zero attached hydrogens (tertiary/aromatic N) is 2. The molecule has 1 aromatic carbocycles. The van der Waals surface area contributed by atoms with E-state index in [4.69, 9.17) is 23.1 Å². The van der Waals surface area contributed by atoms with Gasteiger partial charge in [-0.1, -0.05) is 57.3 Å². The number of halogens is 1. The quantitative estimate of drug-likeness (QED) is 0.0396. The molecule has 1 fully saturated rings. The van der Waals surface area contributed by atoms with Crippen molar-refractivity contribution in [3.63, 3.8) is 0 Å². The molecule has 2 rings (SSSR count). The summed E-state index contributed by atoms with van der Waals surface area (Å²) in [4.78, 5) is 99.2. The fraction of sp³-hybridized carbons (Fsp3) is 0.641. The molecular weight excluding hydrogens is 772 g/mol. The van der Waals surface area contributed by atoms with Gasteiger partial charge in [-0.3, -0.25) is 38.6 Å². The Balaban J connectivity index is 2.29. The largest absolute Gasteiger partial charge is 0.391 e. The monoisotopic (exact) mass is 834 g/mol. The number of nitrogens with one attached hydrogen (secondary N) is 6. The number of hydrogen-bond acceptors (Lipinski definition) is 9. The van der Waals surface area contributed by atoms with E-state index in [1.54, 1.807) is 45.0 Å². The van der Waals surface area contributed by atoms with Crippen LogP contribution >= 0.6 is 11.6 Å². The van der Waals surface area contributed by atoms with E-state index in [-0.39, 0.29) is 37.7 Å². The molecule has 19 heteroatoms. The molecule has 0 radical (unpaired) electrons. The highest BCUT2D eigenvalue weighted by Crippen LogP contribution is 2.20. The Morgan fingerprint density at radius 3 is 2.02 bits per heavy atom. The van der Waals surface area contributed by atoms with Gasteiger partial charge in [0.05, 0.1) is 6.10 Å². The van der Waals surface area contributed by atoms with Gasteiger partial charge in [-0.25, -0.2) is 0 Å². The third kappa shape index (κ3) is 15.8. The van der Waals surface area contributed by atoms with Crippen LogP contribution in [0.15, 0.2) is 29.3 Å². The molecule has 0 aromatic heterocycles. The van der Waals surface area contributed by atoms with Crippen LogP contribution in [0.4, 0.5) is 0 Å². The predicted octanol–water partition coefficient (Wildman–Crippen LogP) is -0.266. The van der Waals surface area contributed by atoms with Crippen molar-refractivity contribution in [2.75, 3.05) is 19.6 Å². The molecule has 324 valence electrons. The molecule has 1 saturated heterocycles. The van der Waals surface area contributed by atoms with E-state index in [1.807, 2.05) is 6.92 Å². The van der Waals surface area contributed by atoms with Crippen LogP contribution in [0.5, 0.6) is 0 Å². The van der Waals surface area contributed by atoms with Gasteiger partial charge in [0, 0.05) is 38.0 Å². The number of guanidine groups is 1. The lowest BCUT2D eigenvalue weighted by atomic mass is 9.96. The van der Waals surface area contributed by atoms with Gasteiger partial charge >= 0.3 is 0 Å². The summed E-state index contributed by atoms with van der Waals surface area (Å²) in [6, 6.07) is -0.0659. The van der Waals surface area contributed by atoms with Crippen molar-refractivity contribution < 1.29 is 38.7 Å². The van der Waals surface area contributed by atoms with Crippen molar-refractivity contribution in [1.29, 1.82) is 0 Å². The van der Waals surface area contributed by atoms with Crippen molar-refractivity contribution in [3.05, 3.63) is 34.9 Å². The van der Waals surface area contributed by atoms with Crippen LogP contribution in [-0.2, 0) is 40.0 Å². The summed E-state index contributed by atoms with van der Waals surface area (Å²) < 4.78 is 0. The van der Waals surface area contributed by atoms with E-state index in [0.29, 0.717) is 55.8 Å². The number of carbonyl (C=O) groups is 7. The van der Waals surface area contributed by atoms with Gasteiger partial charge in [0.25, 0.3) is 0 Å². The molecule has 0 saturated carbocycles. The summed E-state index contributed by atoms with van der Waals surface area (Å²) in [6.07, 6.45) is 1.23. The Labute approximate surface area is 345 Å². The van der Waals surface area contributed by atoms with Gasteiger partial charge in [-0.15, -0.1) is 0 Å². The number of benzene rings is 1. The summed E-state index contributed by atoms with van der Waals surface area (Å²) in [5, 5.41) is 27.1. The average molecular weight is 835 g/mol. The zero-order valence-electron chi connectivity index (χ0n) is 34.4. The third-order valence-corrected chi connectivity index (χ3v) is 10.1. The van der Waals surface area contributed by atoms with Gasteiger partial charge < -0.3 is 53.4 Å². The van der Waals surface area contributed by atoms with E-state index in [1.165, 1.54) is 18.7 Å². The first-order chi connectivity index (χ1) is 27.4. The van der Waals surface area contributed by atoms with Gasteiger partial charge in [0.2, 0.25) is 41.4 Å². The lowest BCUT2D eigenvalue weighted by Crippen LogP contribution is -2.62. The third-order valence-electron chi connectivity index (χ3n) is 9.86. The topological polar surface area (TPSA) is 280 Å². The molecule has 7 amide bonds. The van der Waals surface area contributed by atoms with Crippen LogP contribution in [0.25, 0.3) is 0 Å². The molecule has 1 aliphatic heterocycles. The first kappa shape index (κ1) is 49.2. The Morgan fingerprint density at radius 1 is 0.845 bits per heavy atom. The van der Waals surface area contributed by atoms with E-state index in [0.717, 1.165) is 0 Å². The van der Waals surface area contributed by atoms with Crippen molar-refractivity contribution in [3.8, 4) is 0 Å². The number of nitrogens with two attached hydrogens (primary N) is 2. The molecule has 58 heavy (non-hydrogen) atoms. The first-order valence-electron chi connectivity index (χ1n) is 20.0.